The highest BCUT2D eigenvalue weighted by Crippen LogP contribution is 2.35. The van der Waals surface area contributed by atoms with E-state index in [2.05, 4.69) is 0 Å². The summed E-state index contributed by atoms with van der Waals surface area (Å²) in [6.45, 7) is 0.291. The van der Waals surface area contributed by atoms with Gasteiger partial charge in [0.1, 0.15) is 0 Å². The smallest absolute Gasteiger partial charge is 0.258 e. The molecule has 3 rings (SSSR count). The fourth-order valence-electron chi connectivity index (χ4n) is 2.71. The molecule has 8 nitrogen and oxygen atoms in total. The topological polar surface area (TPSA) is 122 Å². The maximum Gasteiger partial charge on any atom is 0.258 e. The molecule has 0 aromatic heterocycles. The summed E-state index contributed by atoms with van der Waals surface area (Å²) in [5.74, 6) is -0.447. The van der Waals surface area contributed by atoms with Crippen LogP contribution >= 0.6 is 0 Å². The second kappa shape index (κ2) is 6.05. The maximum absolute atomic E-state index is 12.6. The van der Waals surface area contributed by atoms with Gasteiger partial charge < -0.3 is 30.3 Å². The van der Waals surface area contributed by atoms with Crippen molar-refractivity contribution in [3.8, 4) is 11.5 Å². The molecule has 1 aromatic rings. The molecule has 2 amide bonds. The first-order chi connectivity index (χ1) is 11.0. The summed E-state index contributed by atoms with van der Waals surface area (Å²) in [6.07, 6.45) is -2.44. The van der Waals surface area contributed by atoms with E-state index in [-0.39, 0.29) is 42.7 Å². The number of ether oxygens (including phenoxy) is 2. The van der Waals surface area contributed by atoms with Crippen molar-refractivity contribution in [2.45, 2.75) is 24.7 Å². The lowest BCUT2D eigenvalue weighted by Gasteiger charge is -2.18. The minimum Gasteiger partial charge on any atom is -0.489 e. The number of nitrogens with two attached hydrogens (primary N) is 1. The third kappa shape index (κ3) is 2.95. The largest absolute Gasteiger partial charge is 0.489 e. The summed E-state index contributed by atoms with van der Waals surface area (Å²) in [4.78, 5) is 25.3. The van der Waals surface area contributed by atoms with Crippen LogP contribution in [0.1, 0.15) is 16.8 Å². The fraction of sp³-hybridized carbons (Fsp3) is 0.467. The van der Waals surface area contributed by atoms with Crippen LogP contribution in [-0.2, 0) is 4.79 Å². The maximum atomic E-state index is 12.6. The third-order valence-corrected chi connectivity index (χ3v) is 3.97. The molecule has 1 fully saturated rings. The Morgan fingerprint density at radius 3 is 2.57 bits per heavy atom. The van der Waals surface area contributed by atoms with Crippen molar-refractivity contribution in [3.63, 3.8) is 0 Å². The molecule has 0 bridgehead atoms. The molecule has 2 aliphatic rings. The molecule has 23 heavy (non-hydrogen) atoms. The zero-order chi connectivity index (χ0) is 16.6. The lowest BCUT2D eigenvalue weighted by atomic mass is 10.1. The number of para-hydroxylation sites is 1. The number of hydrogen-bond acceptors (Lipinski definition) is 6. The number of amides is 2. The number of aliphatic hydroxyl groups is 2. The first-order valence-corrected chi connectivity index (χ1v) is 7.34. The van der Waals surface area contributed by atoms with Crippen molar-refractivity contribution in [3.05, 3.63) is 23.8 Å². The minimum absolute atomic E-state index is 0.0500. The third-order valence-electron chi connectivity index (χ3n) is 3.97. The number of carbonyl (C=O) groups is 2. The highest BCUT2D eigenvalue weighted by atomic mass is 16.5. The summed E-state index contributed by atoms with van der Waals surface area (Å²) in [5.41, 5.74) is 5.53. The Bertz CT molecular complexity index is 624. The lowest BCUT2D eigenvalue weighted by molar-refractivity contribution is -0.124. The summed E-state index contributed by atoms with van der Waals surface area (Å²) in [5, 5.41) is 19.2. The van der Waals surface area contributed by atoms with E-state index in [4.69, 9.17) is 15.2 Å². The molecule has 0 aliphatic carbocycles. The van der Waals surface area contributed by atoms with Gasteiger partial charge in [0.25, 0.3) is 11.8 Å². The number of primary amides is 1. The number of β-amino-alcohol motifs (C(OH)–C–C–N with tert-alkyl or cyclic N) is 2. The molecule has 124 valence electrons. The SMILES string of the molecule is NC(=O)C1CCOc2c(cccc2C(=O)N2CC(O)C(O)C2)O1. The Morgan fingerprint density at radius 2 is 1.91 bits per heavy atom. The zero-order valence-corrected chi connectivity index (χ0v) is 12.3. The summed E-state index contributed by atoms with van der Waals surface area (Å²) >= 11 is 0. The van der Waals surface area contributed by atoms with Gasteiger partial charge in [0, 0.05) is 19.5 Å². The van der Waals surface area contributed by atoms with Gasteiger partial charge in [-0.2, -0.15) is 0 Å². The van der Waals surface area contributed by atoms with Gasteiger partial charge in [0.05, 0.1) is 24.4 Å². The Labute approximate surface area is 132 Å². The van der Waals surface area contributed by atoms with Crippen LogP contribution in [0.25, 0.3) is 0 Å². The molecule has 0 saturated carbocycles. The molecule has 1 saturated heterocycles. The van der Waals surface area contributed by atoms with Crippen molar-refractivity contribution in [2.75, 3.05) is 19.7 Å². The van der Waals surface area contributed by atoms with E-state index in [0.717, 1.165) is 0 Å². The van der Waals surface area contributed by atoms with Gasteiger partial charge in [0.2, 0.25) is 0 Å². The highest BCUT2D eigenvalue weighted by molar-refractivity contribution is 5.98. The molecule has 1 aromatic carbocycles. The monoisotopic (exact) mass is 322 g/mol. The predicted molar refractivity (Wildman–Crippen MR) is 78.1 cm³/mol. The molecule has 8 heteroatoms. The van der Waals surface area contributed by atoms with Gasteiger partial charge in [-0.25, -0.2) is 0 Å². The summed E-state index contributed by atoms with van der Waals surface area (Å²) in [7, 11) is 0. The second-order valence-corrected chi connectivity index (χ2v) is 5.62. The van der Waals surface area contributed by atoms with E-state index in [1.54, 1.807) is 18.2 Å². The van der Waals surface area contributed by atoms with E-state index in [0.29, 0.717) is 6.42 Å². The normalized spacial score (nSPS) is 26.7. The quantitative estimate of drug-likeness (QED) is 0.634. The Morgan fingerprint density at radius 1 is 1.22 bits per heavy atom. The number of aliphatic hydroxyl groups excluding tert-OH is 2. The molecule has 3 unspecified atom stereocenters. The van der Waals surface area contributed by atoms with Crippen LogP contribution in [0.5, 0.6) is 11.5 Å². The fourth-order valence-corrected chi connectivity index (χ4v) is 2.71. The van der Waals surface area contributed by atoms with Crippen molar-refractivity contribution >= 4 is 11.8 Å². The van der Waals surface area contributed by atoms with Crippen LogP contribution in [0, 0.1) is 0 Å². The van der Waals surface area contributed by atoms with Gasteiger partial charge in [-0.05, 0) is 12.1 Å². The Kier molecular flexibility index (Phi) is 4.10. The average Bonchev–Trinajstić information content (AvgIpc) is 2.74. The highest BCUT2D eigenvalue weighted by Gasteiger charge is 2.35. The Hall–Kier alpha value is -2.32. The van der Waals surface area contributed by atoms with Crippen molar-refractivity contribution in [2.24, 2.45) is 5.73 Å². The van der Waals surface area contributed by atoms with Crippen LogP contribution in [0.4, 0.5) is 0 Å². The molecule has 3 atom stereocenters. The van der Waals surface area contributed by atoms with Crippen LogP contribution in [0.15, 0.2) is 18.2 Å². The van der Waals surface area contributed by atoms with Crippen molar-refractivity contribution in [1.82, 2.24) is 4.90 Å². The lowest BCUT2D eigenvalue weighted by Crippen LogP contribution is -2.33. The molecule has 2 heterocycles. The van der Waals surface area contributed by atoms with Gasteiger partial charge in [-0.1, -0.05) is 6.07 Å². The predicted octanol–water partition coefficient (Wildman–Crippen LogP) is -1.12. The van der Waals surface area contributed by atoms with E-state index >= 15 is 0 Å². The number of likely N-dealkylation sites (tertiary alicyclic amines) is 1. The van der Waals surface area contributed by atoms with Crippen LogP contribution in [0.3, 0.4) is 0 Å². The van der Waals surface area contributed by atoms with E-state index in [1.165, 1.54) is 4.90 Å². The number of rotatable bonds is 2. The summed E-state index contributed by atoms with van der Waals surface area (Å²) < 4.78 is 11.1. The van der Waals surface area contributed by atoms with Crippen molar-refractivity contribution in [1.29, 1.82) is 0 Å². The number of carbonyl (C=O) groups excluding carboxylic acids is 2. The van der Waals surface area contributed by atoms with E-state index < -0.39 is 24.2 Å². The standard InChI is InChI=1S/C15H18N2O6/c16-14(20)12-4-5-22-13-8(2-1-3-11(13)23-12)15(21)17-6-9(18)10(19)7-17/h1-3,9-10,12,18-19H,4-7H2,(H2,16,20). The number of benzene rings is 1. The molecule has 0 radical (unpaired) electrons. The van der Waals surface area contributed by atoms with Gasteiger partial charge in [0.15, 0.2) is 17.6 Å². The molecular weight excluding hydrogens is 304 g/mol. The van der Waals surface area contributed by atoms with Crippen LogP contribution in [-0.4, -0.2) is 64.9 Å². The van der Waals surface area contributed by atoms with Crippen LogP contribution in [0.2, 0.25) is 0 Å². The first kappa shape index (κ1) is 15.6. The average molecular weight is 322 g/mol. The van der Waals surface area contributed by atoms with Crippen molar-refractivity contribution < 1.29 is 29.3 Å². The number of hydrogen-bond donors (Lipinski definition) is 3. The number of nitrogens with zero attached hydrogens (tertiary/aromatic N) is 1. The van der Waals surface area contributed by atoms with E-state index in [1.807, 2.05) is 0 Å². The number of fused-ring (bicyclic) bond motifs is 1. The van der Waals surface area contributed by atoms with Gasteiger partial charge in [-0.3, -0.25) is 9.59 Å². The molecule has 4 N–H and O–H groups in total. The summed E-state index contributed by atoms with van der Waals surface area (Å²) in [6, 6.07) is 4.79. The molecule has 2 aliphatic heterocycles. The van der Waals surface area contributed by atoms with Gasteiger partial charge >= 0.3 is 0 Å². The minimum atomic E-state index is -0.960. The first-order valence-electron chi connectivity index (χ1n) is 7.34. The zero-order valence-electron chi connectivity index (χ0n) is 12.3. The van der Waals surface area contributed by atoms with Crippen LogP contribution < -0.4 is 15.2 Å². The molecule has 0 spiro atoms. The second-order valence-electron chi connectivity index (χ2n) is 5.62. The molecular formula is C15H18N2O6. The van der Waals surface area contributed by atoms with E-state index in [9.17, 15) is 19.8 Å². The van der Waals surface area contributed by atoms with Gasteiger partial charge in [-0.15, -0.1) is 0 Å². The Balaban J connectivity index is 1.88.